The second-order valence-electron chi connectivity index (χ2n) is 8.04. The number of rotatable bonds is 11. The van der Waals surface area contributed by atoms with Crippen molar-refractivity contribution in [2.24, 2.45) is 0 Å². The zero-order valence-electron chi connectivity index (χ0n) is 17.1. The second-order valence-corrected chi connectivity index (χ2v) is 8.04. The van der Waals surface area contributed by atoms with E-state index in [1.54, 1.807) is 0 Å². The van der Waals surface area contributed by atoms with E-state index < -0.39 is 0 Å². The van der Waals surface area contributed by atoms with Crippen LogP contribution in [0, 0.1) is 0 Å². The minimum Gasteiger partial charge on any atom is -0.508 e. The van der Waals surface area contributed by atoms with Crippen molar-refractivity contribution < 1.29 is 9.84 Å². The van der Waals surface area contributed by atoms with Crippen molar-refractivity contribution in [3.63, 3.8) is 0 Å². The normalized spacial score (nSPS) is 11.6. The summed E-state index contributed by atoms with van der Waals surface area (Å²) in [7, 11) is 0. The minimum absolute atomic E-state index is 0.316. The van der Waals surface area contributed by atoms with Gasteiger partial charge in [0.1, 0.15) is 11.5 Å². The molecule has 4 aromatic rings. The van der Waals surface area contributed by atoms with Gasteiger partial charge in [-0.05, 0) is 75.8 Å². The molecule has 0 spiro atoms. The molecule has 0 aliphatic heterocycles. The third-order valence-electron chi connectivity index (χ3n) is 5.81. The van der Waals surface area contributed by atoms with Crippen LogP contribution < -0.4 is 4.74 Å². The fourth-order valence-electron chi connectivity index (χ4n) is 4.34. The van der Waals surface area contributed by atoms with Gasteiger partial charge in [-0.1, -0.05) is 62.4 Å². The summed E-state index contributed by atoms with van der Waals surface area (Å²) in [5.41, 5.74) is 0. The summed E-state index contributed by atoms with van der Waals surface area (Å²) in [4.78, 5) is 0. The predicted octanol–water partition coefficient (Wildman–Crippen LogP) is 7.98. The molecule has 1 N–H and O–H groups in total. The predicted molar refractivity (Wildman–Crippen MR) is 124 cm³/mol. The van der Waals surface area contributed by atoms with Gasteiger partial charge >= 0.3 is 0 Å². The third-order valence-corrected chi connectivity index (χ3v) is 5.81. The standard InChI is InChI=1S/C27H30O2/c1-2-3-4-5-6-7-8-9-10-15-29-25-18-22-13-11-20-16-24(28)17-21-12-14-23(19-25)27(22)26(20)21/h2,11-14,16-19,28H,1,3-10,15H2. The van der Waals surface area contributed by atoms with E-state index in [0.29, 0.717) is 5.75 Å². The quantitative estimate of drug-likeness (QED) is 0.161. The van der Waals surface area contributed by atoms with Crippen LogP contribution in [0.2, 0.25) is 0 Å². The summed E-state index contributed by atoms with van der Waals surface area (Å²) in [6.07, 6.45) is 12.1. The van der Waals surface area contributed by atoms with Crippen LogP contribution in [-0.4, -0.2) is 11.7 Å². The molecule has 4 aromatic carbocycles. The van der Waals surface area contributed by atoms with Gasteiger partial charge < -0.3 is 9.84 Å². The molecule has 0 aromatic heterocycles. The smallest absolute Gasteiger partial charge is 0.120 e. The highest BCUT2D eigenvalue weighted by molar-refractivity contribution is 6.23. The Labute approximate surface area is 173 Å². The molecule has 2 heteroatoms. The minimum atomic E-state index is 0.316. The number of benzene rings is 4. The summed E-state index contributed by atoms with van der Waals surface area (Å²) in [6, 6.07) is 16.4. The second kappa shape index (κ2) is 9.17. The molecule has 0 fully saturated rings. The Morgan fingerprint density at radius 2 is 1.17 bits per heavy atom. The van der Waals surface area contributed by atoms with Crippen LogP contribution in [0.25, 0.3) is 32.3 Å². The maximum atomic E-state index is 9.94. The fraction of sp³-hybridized carbons (Fsp3) is 0.333. The molecule has 0 unspecified atom stereocenters. The average molecular weight is 387 g/mol. The molecule has 0 amide bonds. The van der Waals surface area contributed by atoms with E-state index in [2.05, 4.69) is 43.0 Å². The van der Waals surface area contributed by atoms with Crippen molar-refractivity contribution >= 4 is 32.3 Å². The molecule has 150 valence electrons. The third kappa shape index (κ3) is 4.48. The lowest BCUT2D eigenvalue weighted by Gasteiger charge is -2.13. The molecule has 0 saturated carbocycles. The average Bonchev–Trinajstić information content (AvgIpc) is 2.73. The summed E-state index contributed by atoms with van der Waals surface area (Å²) in [6.45, 7) is 4.55. The fourth-order valence-corrected chi connectivity index (χ4v) is 4.34. The largest absolute Gasteiger partial charge is 0.508 e. The zero-order valence-corrected chi connectivity index (χ0v) is 17.1. The van der Waals surface area contributed by atoms with E-state index in [1.807, 2.05) is 18.2 Å². The first-order valence-electron chi connectivity index (χ1n) is 10.9. The molecule has 0 aliphatic rings. The summed E-state index contributed by atoms with van der Waals surface area (Å²) >= 11 is 0. The maximum absolute atomic E-state index is 9.94. The highest BCUT2D eigenvalue weighted by Gasteiger charge is 2.10. The van der Waals surface area contributed by atoms with Crippen LogP contribution in [-0.2, 0) is 0 Å². The molecule has 29 heavy (non-hydrogen) atoms. The van der Waals surface area contributed by atoms with Gasteiger partial charge in [0.05, 0.1) is 6.61 Å². The number of hydrogen-bond donors (Lipinski definition) is 1. The van der Waals surface area contributed by atoms with Crippen LogP contribution in [0.5, 0.6) is 11.5 Å². The first-order valence-corrected chi connectivity index (χ1v) is 10.9. The first kappa shape index (κ1) is 19.6. The van der Waals surface area contributed by atoms with Gasteiger partial charge in [-0.15, -0.1) is 6.58 Å². The number of phenols is 1. The van der Waals surface area contributed by atoms with Gasteiger partial charge in [0.25, 0.3) is 0 Å². The van der Waals surface area contributed by atoms with Gasteiger partial charge in [-0.2, -0.15) is 0 Å². The number of unbranched alkanes of at least 4 members (excludes halogenated alkanes) is 7. The molecule has 4 rings (SSSR count). The number of ether oxygens (including phenoxy) is 1. The summed E-state index contributed by atoms with van der Waals surface area (Å²) in [5.74, 6) is 1.26. The van der Waals surface area contributed by atoms with Crippen molar-refractivity contribution in [3.8, 4) is 11.5 Å². The summed E-state index contributed by atoms with van der Waals surface area (Å²) < 4.78 is 6.08. The van der Waals surface area contributed by atoms with E-state index in [0.717, 1.165) is 36.0 Å². The highest BCUT2D eigenvalue weighted by atomic mass is 16.5. The lowest BCUT2D eigenvalue weighted by molar-refractivity contribution is 0.305. The van der Waals surface area contributed by atoms with Gasteiger partial charge in [-0.3, -0.25) is 0 Å². The van der Waals surface area contributed by atoms with Crippen molar-refractivity contribution in [3.05, 3.63) is 61.2 Å². The molecule has 0 aliphatic carbocycles. The Kier molecular flexibility index (Phi) is 6.19. The van der Waals surface area contributed by atoms with E-state index in [9.17, 15) is 5.11 Å². The molecule has 0 atom stereocenters. The number of aromatic hydroxyl groups is 1. The Morgan fingerprint density at radius 1 is 0.690 bits per heavy atom. The topological polar surface area (TPSA) is 29.5 Å². The van der Waals surface area contributed by atoms with Crippen LogP contribution in [0.3, 0.4) is 0 Å². The first-order chi connectivity index (χ1) is 14.3. The Morgan fingerprint density at radius 3 is 1.72 bits per heavy atom. The van der Waals surface area contributed by atoms with Gasteiger partial charge in [0.2, 0.25) is 0 Å². The Balaban J connectivity index is 1.36. The van der Waals surface area contributed by atoms with E-state index in [-0.39, 0.29) is 0 Å². The Bertz CT molecular complexity index is 1030. The van der Waals surface area contributed by atoms with Gasteiger partial charge in [0.15, 0.2) is 0 Å². The molecule has 0 radical (unpaired) electrons. The van der Waals surface area contributed by atoms with Crippen LogP contribution in [0.15, 0.2) is 61.2 Å². The van der Waals surface area contributed by atoms with Gasteiger partial charge in [0, 0.05) is 0 Å². The molecule has 0 bridgehead atoms. The van der Waals surface area contributed by atoms with E-state index in [4.69, 9.17) is 4.74 Å². The van der Waals surface area contributed by atoms with Crippen molar-refractivity contribution in [1.29, 1.82) is 0 Å². The SMILES string of the molecule is C=CCCCCCCCCCOc1cc2ccc3cc(O)cc4ccc(c1)c2c34. The molecule has 2 nitrogen and oxygen atoms in total. The van der Waals surface area contributed by atoms with Crippen LogP contribution in [0.4, 0.5) is 0 Å². The lowest BCUT2D eigenvalue weighted by atomic mass is 9.94. The van der Waals surface area contributed by atoms with Gasteiger partial charge in [-0.25, -0.2) is 0 Å². The zero-order chi connectivity index (χ0) is 20.1. The Hall–Kier alpha value is -2.74. The van der Waals surface area contributed by atoms with E-state index >= 15 is 0 Å². The number of hydrogen-bond acceptors (Lipinski definition) is 2. The van der Waals surface area contributed by atoms with Crippen molar-refractivity contribution in [1.82, 2.24) is 0 Å². The molecular formula is C27H30O2. The maximum Gasteiger partial charge on any atom is 0.120 e. The van der Waals surface area contributed by atoms with Crippen molar-refractivity contribution in [2.75, 3.05) is 6.61 Å². The molecular weight excluding hydrogens is 356 g/mol. The molecule has 0 saturated heterocycles. The number of allylic oxidation sites excluding steroid dienone is 1. The van der Waals surface area contributed by atoms with Crippen LogP contribution >= 0.6 is 0 Å². The highest BCUT2D eigenvalue weighted by Crippen LogP contribution is 2.38. The monoisotopic (exact) mass is 386 g/mol. The van der Waals surface area contributed by atoms with Crippen molar-refractivity contribution in [2.45, 2.75) is 51.4 Å². The van der Waals surface area contributed by atoms with E-state index in [1.165, 1.54) is 60.1 Å². The number of phenolic OH excluding ortho intramolecular Hbond substituents is 1. The molecule has 0 heterocycles. The summed E-state index contributed by atoms with van der Waals surface area (Å²) in [5, 5.41) is 17.0. The lowest BCUT2D eigenvalue weighted by Crippen LogP contribution is -1.97. The van der Waals surface area contributed by atoms with Crippen LogP contribution in [0.1, 0.15) is 51.4 Å².